The quantitative estimate of drug-likeness (QED) is 0.209. The zero-order valence-corrected chi connectivity index (χ0v) is 23.4. The molecule has 0 atom stereocenters. The van der Waals surface area contributed by atoms with Crippen LogP contribution in [0, 0.1) is 5.92 Å². The van der Waals surface area contributed by atoms with Crippen molar-refractivity contribution in [2.45, 2.75) is 119 Å². The van der Waals surface area contributed by atoms with Crippen LogP contribution in [0.3, 0.4) is 0 Å². The van der Waals surface area contributed by atoms with E-state index in [0.717, 1.165) is 38.0 Å². The number of aryl methyl sites for hydroxylation is 1. The van der Waals surface area contributed by atoms with Gasteiger partial charge in [0.15, 0.2) is 0 Å². The minimum absolute atomic E-state index is 0.761. The van der Waals surface area contributed by atoms with Crippen molar-refractivity contribution in [3.63, 3.8) is 0 Å². The van der Waals surface area contributed by atoms with E-state index in [0.29, 0.717) is 0 Å². The summed E-state index contributed by atoms with van der Waals surface area (Å²) in [6.07, 6.45) is 28.5. The van der Waals surface area contributed by atoms with Gasteiger partial charge in [-0.05, 0) is 123 Å². The van der Waals surface area contributed by atoms with E-state index in [2.05, 4.69) is 84.9 Å². The number of hydrogen-bond acceptors (Lipinski definition) is 1. The molecule has 0 radical (unpaired) electrons. The Morgan fingerprint density at radius 1 is 0.647 bits per heavy atom. The lowest BCUT2D eigenvalue weighted by atomic mass is 10.0. The largest absolute Gasteiger partial charge is 0.472 e. The average molecular weight is 465 g/mol. The molecule has 0 bridgehead atoms. The van der Waals surface area contributed by atoms with Crippen LogP contribution in [-0.4, -0.2) is 0 Å². The molecule has 1 rings (SSSR count). The summed E-state index contributed by atoms with van der Waals surface area (Å²) in [5.74, 6) is 0.761. The summed E-state index contributed by atoms with van der Waals surface area (Å²) in [6.45, 7) is 16.0. The molecule has 0 aliphatic rings. The first kappa shape index (κ1) is 30.0. The van der Waals surface area contributed by atoms with Gasteiger partial charge in [-0.1, -0.05) is 72.1 Å². The van der Waals surface area contributed by atoms with Crippen LogP contribution in [0.25, 0.3) is 0 Å². The molecule has 0 saturated carbocycles. The highest BCUT2D eigenvalue weighted by atomic mass is 16.3. The standard InChI is InChI=1S/C33H52O/c1-27(2)25-32(7)21-11-19-30(5)17-9-15-28(3)13-8-14-29(4)16-10-18-31(6)20-12-22-33-23-24-34-26-33/h13,16-17,20-21,23-24,26-27H,8-12,14-15,18-19,22,25H2,1-7H3. The van der Waals surface area contributed by atoms with Crippen molar-refractivity contribution in [2.75, 3.05) is 0 Å². The fraction of sp³-hybridized carbons (Fsp3) is 0.576. The predicted octanol–water partition coefficient (Wildman–Crippen LogP) is 11.1. The van der Waals surface area contributed by atoms with Gasteiger partial charge in [0, 0.05) is 0 Å². The van der Waals surface area contributed by atoms with Gasteiger partial charge in [-0.2, -0.15) is 0 Å². The molecule has 0 amide bonds. The molecule has 1 aromatic heterocycles. The fourth-order valence-corrected chi connectivity index (χ4v) is 4.24. The molecule has 1 heterocycles. The molecule has 1 nitrogen and oxygen atoms in total. The van der Waals surface area contributed by atoms with Crippen LogP contribution in [0.4, 0.5) is 0 Å². The summed E-state index contributed by atoms with van der Waals surface area (Å²) >= 11 is 0. The van der Waals surface area contributed by atoms with Crippen molar-refractivity contribution >= 4 is 0 Å². The Balaban J connectivity index is 2.19. The highest BCUT2D eigenvalue weighted by Crippen LogP contribution is 2.16. The first-order valence-electron chi connectivity index (χ1n) is 13.6. The second kappa shape index (κ2) is 18.3. The van der Waals surface area contributed by atoms with E-state index < -0.39 is 0 Å². The van der Waals surface area contributed by atoms with Gasteiger partial charge in [0.25, 0.3) is 0 Å². The Bertz CT molecular complexity index is 809. The summed E-state index contributed by atoms with van der Waals surface area (Å²) in [7, 11) is 0. The summed E-state index contributed by atoms with van der Waals surface area (Å²) < 4.78 is 5.13. The van der Waals surface area contributed by atoms with Gasteiger partial charge in [0.1, 0.15) is 0 Å². The van der Waals surface area contributed by atoms with Gasteiger partial charge in [-0.15, -0.1) is 0 Å². The molecular weight excluding hydrogens is 412 g/mol. The average Bonchev–Trinajstić information content (AvgIpc) is 3.26. The second-order valence-electron chi connectivity index (χ2n) is 10.7. The van der Waals surface area contributed by atoms with Crippen molar-refractivity contribution < 1.29 is 4.42 Å². The maximum Gasteiger partial charge on any atom is 0.0934 e. The SMILES string of the molecule is CC(=CCCC(C)=CCCC(C)=CCCc1ccoc1)CCC=C(C)CCC=C(C)CC(C)C. The Morgan fingerprint density at radius 3 is 1.44 bits per heavy atom. The van der Waals surface area contributed by atoms with Crippen molar-refractivity contribution in [1.29, 1.82) is 0 Å². The molecular formula is C33H52O. The molecule has 1 heteroatoms. The monoisotopic (exact) mass is 464 g/mol. The van der Waals surface area contributed by atoms with Crippen LogP contribution < -0.4 is 0 Å². The molecule has 0 aliphatic heterocycles. The first-order valence-corrected chi connectivity index (χ1v) is 13.6. The Kier molecular flexibility index (Phi) is 16.2. The third-order valence-corrected chi connectivity index (χ3v) is 6.36. The number of allylic oxidation sites excluding steroid dienone is 10. The summed E-state index contributed by atoms with van der Waals surface area (Å²) in [5.41, 5.74) is 8.90. The van der Waals surface area contributed by atoms with E-state index in [-0.39, 0.29) is 0 Å². The maximum atomic E-state index is 5.13. The molecule has 34 heavy (non-hydrogen) atoms. The van der Waals surface area contributed by atoms with Crippen molar-refractivity contribution in [3.05, 3.63) is 82.4 Å². The van der Waals surface area contributed by atoms with Gasteiger partial charge in [0.2, 0.25) is 0 Å². The Labute approximate surface area is 211 Å². The summed E-state index contributed by atoms with van der Waals surface area (Å²) in [4.78, 5) is 0. The lowest BCUT2D eigenvalue weighted by molar-refractivity contribution is 0.564. The fourth-order valence-electron chi connectivity index (χ4n) is 4.24. The number of rotatable bonds is 17. The molecule has 0 fully saturated rings. The number of furan rings is 1. The second-order valence-corrected chi connectivity index (χ2v) is 10.7. The van der Waals surface area contributed by atoms with E-state index in [1.165, 1.54) is 66.4 Å². The minimum atomic E-state index is 0.761. The van der Waals surface area contributed by atoms with Crippen molar-refractivity contribution in [3.8, 4) is 0 Å². The summed E-state index contributed by atoms with van der Waals surface area (Å²) in [6, 6.07) is 2.05. The van der Waals surface area contributed by atoms with Crippen molar-refractivity contribution in [1.82, 2.24) is 0 Å². The molecule has 0 aromatic carbocycles. The van der Waals surface area contributed by atoms with E-state index >= 15 is 0 Å². The smallest absolute Gasteiger partial charge is 0.0934 e. The van der Waals surface area contributed by atoms with Crippen LogP contribution in [0.5, 0.6) is 0 Å². The van der Waals surface area contributed by atoms with Crippen LogP contribution in [-0.2, 0) is 6.42 Å². The highest BCUT2D eigenvalue weighted by Gasteiger charge is 1.97. The molecule has 0 saturated heterocycles. The van der Waals surface area contributed by atoms with E-state index in [4.69, 9.17) is 4.42 Å². The van der Waals surface area contributed by atoms with Crippen LogP contribution in [0.2, 0.25) is 0 Å². The zero-order chi connectivity index (χ0) is 25.2. The normalized spacial score (nSPS) is 14.4. The molecule has 1 aromatic rings. The molecule has 0 N–H and O–H groups in total. The van der Waals surface area contributed by atoms with E-state index in [1.807, 2.05) is 6.26 Å². The lowest BCUT2D eigenvalue weighted by Crippen LogP contribution is -1.88. The van der Waals surface area contributed by atoms with Crippen LogP contribution >= 0.6 is 0 Å². The zero-order valence-electron chi connectivity index (χ0n) is 23.4. The lowest BCUT2D eigenvalue weighted by Gasteiger charge is -2.05. The van der Waals surface area contributed by atoms with Crippen molar-refractivity contribution in [2.24, 2.45) is 5.92 Å². The van der Waals surface area contributed by atoms with Gasteiger partial charge >= 0.3 is 0 Å². The summed E-state index contributed by atoms with van der Waals surface area (Å²) in [5, 5.41) is 0. The van der Waals surface area contributed by atoms with Gasteiger partial charge < -0.3 is 4.42 Å². The Morgan fingerprint density at radius 2 is 1.06 bits per heavy atom. The maximum absolute atomic E-state index is 5.13. The molecule has 0 spiro atoms. The van der Waals surface area contributed by atoms with Crippen LogP contribution in [0.1, 0.15) is 118 Å². The third-order valence-electron chi connectivity index (χ3n) is 6.36. The topological polar surface area (TPSA) is 13.1 Å². The van der Waals surface area contributed by atoms with E-state index in [1.54, 1.807) is 11.8 Å². The van der Waals surface area contributed by atoms with Gasteiger partial charge in [0.05, 0.1) is 12.5 Å². The Hall–Kier alpha value is -2.02. The van der Waals surface area contributed by atoms with Crippen LogP contribution in [0.15, 0.2) is 81.3 Å². The predicted molar refractivity (Wildman–Crippen MR) is 152 cm³/mol. The first-order chi connectivity index (χ1) is 16.3. The van der Waals surface area contributed by atoms with Gasteiger partial charge in [-0.3, -0.25) is 0 Å². The number of hydrogen-bond donors (Lipinski definition) is 0. The molecule has 0 unspecified atom stereocenters. The molecule has 190 valence electrons. The molecule has 0 aliphatic carbocycles. The van der Waals surface area contributed by atoms with Gasteiger partial charge in [-0.25, -0.2) is 0 Å². The third kappa shape index (κ3) is 16.6. The minimum Gasteiger partial charge on any atom is -0.472 e. The van der Waals surface area contributed by atoms with E-state index in [9.17, 15) is 0 Å². The highest BCUT2D eigenvalue weighted by molar-refractivity contribution is 5.10.